The number of para-hydroxylation sites is 1. The predicted molar refractivity (Wildman–Crippen MR) is 120 cm³/mol. The van der Waals surface area contributed by atoms with Gasteiger partial charge in [0.2, 0.25) is 0 Å². The Hall–Kier alpha value is -3.52. The molecule has 1 aromatic carbocycles. The molecule has 0 saturated heterocycles. The monoisotopic (exact) mass is 446 g/mol. The molecule has 0 atom stereocenters. The average Bonchev–Trinajstić information content (AvgIpc) is 3.57. The second-order valence-electron chi connectivity index (χ2n) is 8.07. The van der Waals surface area contributed by atoms with Crippen LogP contribution in [-0.4, -0.2) is 29.1 Å². The number of benzene rings is 1. The van der Waals surface area contributed by atoms with E-state index in [4.69, 9.17) is 16.1 Å². The summed E-state index contributed by atoms with van der Waals surface area (Å²) in [6, 6.07) is 11.1. The molecule has 0 N–H and O–H groups in total. The standard InChI is InChI=1S/C23H19ClN6O2/c24-16-9-5-10-17-19(16)29(12-15-8-3-4-11-25-15)23(31)20-18(26-13-30(17)20)22-27-21(28-32-22)14-6-1-2-7-14/h3-5,8-11,13-14H,1-2,6-7,12H2. The minimum absolute atomic E-state index is 0.246. The van der Waals surface area contributed by atoms with Gasteiger partial charge < -0.3 is 4.52 Å². The van der Waals surface area contributed by atoms with Crippen molar-refractivity contribution >= 4 is 28.2 Å². The molecule has 160 valence electrons. The quantitative estimate of drug-likeness (QED) is 0.405. The molecule has 32 heavy (non-hydrogen) atoms. The first kappa shape index (κ1) is 19.2. The lowest BCUT2D eigenvalue weighted by Crippen LogP contribution is -2.24. The Morgan fingerprint density at radius 1 is 1.06 bits per heavy atom. The molecule has 1 aliphatic rings. The topological polar surface area (TPSA) is 91.1 Å². The molecule has 0 aliphatic heterocycles. The Morgan fingerprint density at radius 2 is 1.94 bits per heavy atom. The third-order valence-electron chi connectivity index (χ3n) is 6.12. The highest BCUT2D eigenvalue weighted by molar-refractivity contribution is 6.35. The molecule has 0 amide bonds. The van der Waals surface area contributed by atoms with E-state index in [9.17, 15) is 4.79 Å². The van der Waals surface area contributed by atoms with E-state index in [1.165, 1.54) is 12.8 Å². The van der Waals surface area contributed by atoms with Crippen molar-refractivity contribution in [1.29, 1.82) is 0 Å². The summed E-state index contributed by atoms with van der Waals surface area (Å²) in [5.74, 6) is 1.26. The minimum atomic E-state index is -0.246. The number of nitrogens with zero attached hydrogens (tertiary/aromatic N) is 6. The van der Waals surface area contributed by atoms with Crippen molar-refractivity contribution in [1.82, 2.24) is 29.1 Å². The Bertz CT molecular complexity index is 1500. The van der Waals surface area contributed by atoms with E-state index >= 15 is 0 Å². The van der Waals surface area contributed by atoms with Crippen LogP contribution in [0.15, 0.2) is 58.2 Å². The number of pyridine rings is 1. The number of fused-ring (bicyclic) bond motifs is 3. The van der Waals surface area contributed by atoms with Crippen LogP contribution in [0.1, 0.15) is 43.1 Å². The van der Waals surface area contributed by atoms with Crippen molar-refractivity contribution in [3.63, 3.8) is 0 Å². The Morgan fingerprint density at radius 3 is 2.75 bits per heavy atom. The first-order chi connectivity index (χ1) is 15.7. The third kappa shape index (κ3) is 3.02. The predicted octanol–water partition coefficient (Wildman–Crippen LogP) is 4.45. The third-order valence-corrected chi connectivity index (χ3v) is 6.43. The zero-order valence-electron chi connectivity index (χ0n) is 17.1. The van der Waals surface area contributed by atoms with Crippen LogP contribution in [0, 0.1) is 0 Å². The fourth-order valence-corrected chi connectivity index (χ4v) is 4.84. The maximum Gasteiger partial charge on any atom is 0.278 e. The van der Waals surface area contributed by atoms with Gasteiger partial charge >= 0.3 is 0 Å². The lowest BCUT2D eigenvalue weighted by atomic mass is 10.1. The summed E-state index contributed by atoms with van der Waals surface area (Å²) in [6.45, 7) is 0.276. The van der Waals surface area contributed by atoms with Gasteiger partial charge in [0.1, 0.15) is 11.8 Å². The lowest BCUT2D eigenvalue weighted by molar-refractivity contribution is 0.415. The maximum atomic E-state index is 13.7. The van der Waals surface area contributed by atoms with Crippen LogP contribution in [0.3, 0.4) is 0 Å². The summed E-state index contributed by atoms with van der Waals surface area (Å²) in [4.78, 5) is 27.2. The molecule has 4 aromatic heterocycles. The van der Waals surface area contributed by atoms with Gasteiger partial charge in [0, 0.05) is 12.1 Å². The Balaban J connectivity index is 1.58. The van der Waals surface area contributed by atoms with E-state index in [1.807, 2.05) is 30.3 Å². The van der Waals surface area contributed by atoms with Gasteiger partial charge in [0.05, 0.1) is 28.3 Å². The number of imidazole rings is 1. The molecule has 5 aromatic rings. The van der Waals surface area contributed by atoms with Crippen molar-refractivity contribution in [2.24, 2.45) is 0 Å². The molecule has 8 nitrogen and oxygen atoms in total. The van der Waals surface area contributed by atoms with Gasteiger partial charge in [0.15, 0.2) is 11.5 Å². The van der Waals surface area contributed by atoms with Crippen molar-refractivity contribution in [2.75, 3.05) is 0 Å². The van der Waals surface area contributed by atoms with Gasteiger partial charge in [-0.25, -0.2) is 4.98 Å². The summed E-state index contributed by atoms with van der Waals surface area (Å²) in [7, 11) is 0. The van der Waals surface area contributed by atoms with Crippen molar-refractivity contribution in [3.05, 3.63) is 75.8 Å². The van der Waals surface area contributed by atoms with Gasteiger partial charge in [0.25, 0.3) is 11.4 Å². The van der Waals surface area contributed by atoms with Crippen LogP contribution < -0.4 is 5.56 Å². The first-order valence-electron chi connectivity index (χ1n) is 10.6. The molecule has 0 spiro atoms. The molecule has 0 bridgehead atoms. The lowest BCUT2D eigenvalue weighted by Gasteiger charge is -2.13. The van der Waals surface area contributed by atoms with Crippen LogP contribution in [0.2, 0.25) is 5.02 Å². The number of hydrogen-bond donors (Lipinski definition) is 0. The van der Waals surface area contributed by atoms with Crippen LogP contribution in [0.25, 0.3) is 28.1 Å². The highest BCUT2D eigenvalue weighted by Crippen LogP contribution is 2.34. The van der Waals surface area contributed by atoms with Gasteiger partial charge in [-0.3, -0.25) is 18.7 Å². The maximum absolute atomic E-state index is 13.7. The summed E-state index contributed by atoms with van der Waals surface area (Å²) < 4.78 is 8.93. The molecule has 4 heterocycles. The first-order valence-corrected chi connectivity index (χ1v) is 11.0. The Kier molecular flexibility index (Phi) is 4.53. The minimum Gasteiger partial charge on any atom is -0.332 e. The largest absolute Gasteiger partial charge is 0.332 e. The van der Waals surface area contributed by atoms with Crippen LogP contribution in [0.4, 0.5) is 0 Å². The summed E-state index contributed by atoms with van der Waals surface area (Å²) in [5, 5.41) is 4.66. The Labute approximate surface area is 187 Å². The van der Waals surface area contributed by atoms with E-state index in [0.717, 1.165) is 24.1 Å². The number of halogens is 1. The van der Waals surface area contributed by atoms with E-state index in [1.54, 1.807) is 27.6 Å². The molecule has 6 rings (SSSR count). The smallest absolute Gasteiger partial charge is 0.278 e. The molecule has 1 aliphatic carbocycles. The van der Waals surface area contributed by atoms with Crippen molar-refractivity contribution < 1.29 is 4.52 Å². The molecular formula is C23H19ClN6O2. The second-order valence-corrected chi connectivity index (χ2v) is 8.48. The van der Waals surface area contributed by atoms with Gasteiger partial charge in [-0.15, -0.1) is 0 Å². The number of hydrogen-bond acceptors (Lipinski definition) is 6. The molecule has 0 unspecified atom stereocenters. The highest BCUT2D eigenvalue weighted by atomic mass is 35.5. The van der Waals surface area contributed by atoms with Crippen LogP contribution in [0.5, 0.6) is 0 Å². The number of rotatable bonds is 4. The normalized spacial score (nSPS) is 14.7. The fourth-order valence-electron chi connectivity index (χ4n) is 4.57. The van der Waals surface area contributed by atoms with E-state index < -0.39 is 0 Å². The van der Waals surface area contributed by atoms with E-state index in [0.29, 0.717) is 33.5 Å². The number of aromatic nitrogens is 6. The SMILES string of the molecule is O=c1c2c(-c3nc(C4CCCC4)no3)ncn2c2cccc(Cl)c2n1Cc1ccccn1. The summed E-state index contributed by atoms with van der Waals surface area (Å²) in [6.07, 6.45) is 7.77. The highest BCUT2D eigenvalue weighted by Gasteiger charge is 2.26. The molecular weight excluding hydrogens is 428 g/mol. The van der Waals surface area contributed by atoms with E-state index in [-0.39, 0.29) is 18.0 Å². The summed E-state index contributed by atoms with van der Waals surface area (Å²) >= 11 is 6.55. The molecule has 0 radical (unpaired) electrons. The molecule has 9 heteroatoms. The average molecular weight is 447 g/mol. The zero-order chi connectivity index (χ0) is 21.7. The van der Waals surface area contributed by atoms with Gasteiger partial charge in [-0.05, 0) is 37.1 Å². The molecule has 1 saturated carbocycles. The van der Waals surface area contributed by atoms with Crippen molar-refractivity contribution in [3.8, 4) is 11.6 Å². The second kappa shape index (κ2) is 7.56. The van der Waals surface area contributed by atoms with Crippen LogP contribution >= 0.6 is 11.6 Å². The van der Waals surface area contributed by atoms with Gasteiger partial charge in [-0.2, -0.15) is 4.98 Å². The summed E-state index contributed by atoms with van der Waals surface area (Å²) in [5.41, 5.74) is 2.64. The molecule has 1 fully saturated rings. The van der Waals surface area contributed by atoms with Gasteiger partial charge in [-0.1, -0.05) is 41.7 Å². The van der Waals surface area contributed by atoms with Crippen LogP contribution in [-0.2, 0) is 6.54 Å². The van der Waals surface area contributed by atoms with E-state index in [2.05, 4.69) is 20.1 Å². The zero-order valence-corrected chi connectivity index (χ0v) is 17.9. The van der Waals surface area contributed by atoms with Crippen molar-refractivity contribution in [2.45, 2.75) is 38.1 Å². The fraction of sp³-hybridized carbons (Fsp3) is 0.261.